The number of halogens is 1. The van der Waals surface area contributed by atoms with Crippen LogP contribution in [0.1, 0.15) is 0 Å². The van der Waals surface area contributed by atoms with Gasteiger partial charge in [-0.15, -0.1) is 0 Å². The zero-order valence-corrected chi connectivity index (χ0v) is 5.38. The van der Waals surface area contributed by atoms with Crippen molar-refractivity contribution in [3.05, 3.63) is 10.7 Å². The van der Waals surface area contributed by atoms with Crippen molar-refractivity contribution in [1.82, 2.24) is 0 Å². The first kappa shape index (κ1) is 8.89. The number of hydrogen-bond acceptors (Lipinski definition) is 0. The zero-order valence-electron chi connectivity index (χ0n) is 2.04. The molecule has 0 aromatic carbocycles. The Labute approximate surface area is 50.3 Å². The van der Waals surface area contributed by atoms with Crippen molar-refractivity contribution in [2.75, 3.05) is 0 Å². The fraction of sp³-hybridized carbons (Fsp3) is 0. The molecule has 0 heterocycles. The first-order chi connectivity index (χ1) is 1.41. The number of hydrogen-bond donors (Lipinski definition) is 0. The monoisotopic (exact) mass is 209 g/mol. The van der Waals surface area contributed by atoms with Crippen molar-refractivity contribution in [3.63, 3.8) is 0 Å². The molecule has 0 fully saturated rings. The van der Waals surface area contributed by atoms with Crippen LogP contribution in [0.2, 0.25) is 0 Å². The molecule has 0 aromatic rings. The topological polar surface area (TPSA) is 0 Å². The van der Waals surface area contributed by atoms with Gasteiger partial charge in [0.1, 0.15) is 0 Å². The van der Waals surface area contributed by atoms with E-state index in [2.05, 4.69) is 29.2 Å². The molecule has 0 rings (SSSR count). The molecule has 0 spiro atoms. The van der Waals surface area contributed by atoms with Gasteiger partial charge in [-0.1, -0.05) is 29.2 Å². The molecule has 2 heteroatoms. The molecule has 25 valence electrons. The Hall–Kier alpha value is 0.989. The summed E-state index contributed by atoms with van der Waals surface area (Å²) in [6, 6.07) is 0. The third-order valence-corrected chi connectivity index (χ3v) is 0. The summed E-state index contributed by atoms with van der Waals surface area (Å²) < 4.78 is 1.72. The largest absolute Gasteiger partial charge is 0.0930 e. The summed E-state index contributed by atoms with van der Waals surface area (Å²) in [5.74, 6) is 0. The van der Waals surface area contributed by atoms with E-state index in [1.54, 1.807) is 4.08 Å². The normalized spacial score (nSPS) is 3.25. The van der Waals surface area contributed by atoms with Crippen LogP contribution in [0.4, 0.5) is 0 Å². The van der Waals surface area contributed by atoms with Crippen molar-refractivity contribution in [3.8, 4) is 0 Å². The molecule has 0 aliphatic rings. The third kappa shape index (κ3) is 12.1. The molecule has 0 N–H and O–H groups in total. The van der Waals surface area contributed by atoms with Crippen molar-refractivity contribution < 1.29 is 17.1 Å². The molecule has 0 bridgehead atoms. The summed E-state index contributed by atoms with van der Waals surface area (Å²) in [5, 5.41) is 0. The van der Waals surface area contributed by atoms with E-state index in [0.29, 0.717) is 0 Å². The van der Waals surface area contributed by atoms with Crippen molar-refractivity contribution >= 4 is 22.6 Å². The Morgan fingerprint density at radius 3 is 1.75 bits per heavy atom. The third-order valence-electron chi connectivity index (χ3n) is 0. The minimum atomic E-state index is 0. The van der Waals surface area contributed by atoms with Crippen LogP contribution in [0.3, 0.4) is 0 Å². The summed E-state index contributed by atoms with van der Waals surface area (Å²) in [7, 11) is 0. The van der Waals surface area contributed by atoms with Gasteiger partial charge >= 0.3 is 0 Å². The van der Waals surface area contributed by atoms with Crippen LogP contribution in [0.15, 0.2) is 10.7 Å². The number of rotatable bonds is 0. The van der Waals surface area contributed by atoms with Crippen molar-refractivity contribution in [1.29, 1.82) is 0 Å². The van der Waals surface area contributed by atoms with Gasteiger partial charge in [0.05, 0.1) is 0 Å². The van der Waals surface area contributed by atoms with Gasteiger partial charge in [0.2, 0.25) is 0 Å². The molecule has 0 amide bonds. The van der Waals surface area contributed by atoms with E-state index in [-0.39, 0.29) is 17.1 Å². The molecule has 0 unspecified atom stereocenters. The Bertz CT molecular complexity index is 13.5. The van der Waals surface area contributed by atoms with Gasteiger partial charge in [-0.2, -0.15) is 0 Å². The van der Waals surface area contributed by atoms with Gasteiger partial charge in [0, 0.05) is 17.1 Å². The van der Waals surface area contributed by atoms with E-state index >= 15 is 0 Å². The maximum atomic E-state index is 3.35. The molecule has 4 heavy (non-hydrogen) atoms. The van der Waals surface area contributed by atoms with Crippen LogP contribution in [0.25, 0.3) is 0 Å². The quantitative estimate of drug-likeness (QED) is 0.419. The molecule has 0 saturated heterocycles. The Morgan fingerprint density at radius 2 is 1.75 bits per heavy atom. The van der Waals surface area contributed by atoms with Gasteiger partial charge in [0.25, 0.3) is 0 Å². The fourth-order valence-corrected chi connectivity index (χ4v) is 0. The van der Waals surface area contributed by atoms with E-state index in [1.165, 1.54) is 0 Å². The molecule has 0 nitrogen and oxygen atoms in total. The Balaban J connectivity index is 0. The zero-order chi connectivity index (χ0) is 2.71. The maximum Gasteiger partial charge on any atom is 0 e. The summed E-state index contributed by atoms with van der Waals surface area (Å²) in [6.07, 6.45) is 0. The van der Waals surface area contributed by atoms with E-state index < -0.39 is 0 Å². The first-order valence-electron chi connectivity index (χ1n) is 0.626. The van der Waals surface area contributed by atoms with E-state index in [1.807, 2.05) is 0 Å². The summed E-state index contributed by atoms with van der Waals surface area (Å²) >= 11 is 2.05. The molecule has 0 aliphatic heterocycles. The van der Waals surface area contributed by atoms with Crippen LogP contribution < -0.4 is 0 Å². The SMILES string of the molecule is C=CI.[Mn]. The van der Waals surface area contributed by atoms with Gasteiger partial charge in [0.15, 0.2) is 0 Å². The summed E-state index contributed by atoms with van der Waals surface area (Å²) in [5.41, 5.74) is 0. The van der Waals surface area contributed by atoms with E-state index in [4.69, 9.17) is 0 Å². The van der Waals surface area contributed by atoms with Gasteiger partial charge in [-0.05, 0) is 4.08 Å². The van der Waals surface area contributed by atoms with Crippen LogP contribution in [-0.4, -0.2) is 0 Å². The predicted octanol–water partition coefficient (Wildman–Crippen LogP) is 1.56. The van der Waals surface area contributed by atoms with Gasteiger partial charge < -0.3 is 0 Å². The second-order valence-electron chi connectivity index (χ2n) is 0.154. The molecule has 1 radical (unpaired) electrons. The van der Waals surface area contributed by atoms with Gasteiger partial charge in [-0.25, -0.2) is 0 Å². The minimum absolute atomic E-state index is 0. The van der Waals surface area contributed by atoms with E-state index in [0.717, 1.165) is 0 Å². The molecule has 0 aliphatic carbocycles. The Morgan fingerprint density at radius 1 is 1.75 bits per heavy atom. The smallest absolute Gasteiger partial charge is 0 e. The molecular weight excluding hydrogens is 206 g/mol. The van der Waals surface area contributed by atoms with Crippen molar-refractivity contribution in [2.24, 2.45) is 0 Å². The maximum absolute atomic E-state index is 3.35. The average molecular weight is 209 g/mol. The molecule has 0 atom stereocenters. The first-order valence-corrected chi connectivity index (χ1v) is 1.87. The average Bonchev–Trinajstić information content (AvgIpc) is 0.918. The minimum Gasteiger partial charge on any atom is -0.0930 e. The summed E-state index contributed by atoms with van der Waals surface area (Å²) in [6.45, 7) is 3.35. The van der Waals surface area contributed by atoms with Gasteiger partial charge in [-0.3, -0.25) is 0 Å². The van der Waals surface area contributed by atoms with E-state index in [9.17, 15) is 0 Å². The Kier molecular flexibility index (Phi) is 20.0. The molecular formula is C2H3IMn. The fourth-order valence-electron chi connectivity index (χ4n) is 0. The van der Waals surface area contributed by atoms with Crippen LogP contribution in [0, 0.1) is 0 Å². The molecule has 0 saturated carbocycles. The van der Waals surface area contributed by atoms with Crippen molar-refractivity contribution in [2.45, 2.75) is 0 Å². The second-order valence-corrected chi connectivity index (χ2v) is 1.04. The molecule has 0 aromatic heterocycles. The predicted molar refractivity (Wildman–Crippen MR) is 24.2 cm³/mol. The standard InChI is InChI=1S/C2H3I.Mn/c1-2-3;/h2H,1H2;. The summed E-state index contributed by atoms with van der Waals surface area (Å²) in [4.78, 5) is 0. The van der Waals surface area contributed by atoms with Crippen LogP contribution in [0.5, 0.6) is 0 Å². The van der Waals surface area contributed by atoms with Crippen LogP contribution in [-0.2, 0) is 17.1 Å². The van der Waals surface area contributed by atoms with Crippen LogP contribution >= 0.6 is 22.6 Å². The second kappa shape index (κ2) is 9.01.